The molecule has 0 rings (SSSR count). The van der Waals surface area contributed by atoms with E-state index in [1.807, 2.05) is 0 Å². The highest BCUT2D eigenvalue weighted by Crippen LogP contribution is 2.19. The Kier molecular flexibility index (Phi) is 17.2. The van der Waals surface area contributed by atoms with Gasteiger partial charge in [-0.1, -0.05) is 82.1 Å². The van der Waals surface area contributed by atoms with Crippen LogP contribution in [0.25, 0.3) is 0 Å². The number of nitrogens with two attached hydrogens (primary N) is 3. The zero-order chi connectivity index (χ0) is 24.6. The highest BCUT2D eigenvalue weighted by Gasteiger charge is 2.09. The topological polar surface area (TPSA) is 114 Å². The predicted octanol–water partition coefficient (Wildman–Crippen LogP) is 4.33. The zero-order valence-electron chi connectivity index (χ0n) is 21.6. The molecule has 6 nitrogen and oxygen atoms in total. The summed E-state index contributed by atoms with van der Waals surface area (Å²) in [5.74, 6) is 1.67. The first-order valence-corrected chi connectivity index (χ1v) is 10.8. The molecular formula is C24H54N6. The summed E-state index contributed by atoms with van der Waals surface area (Å²) in [6.07, 6.45) is 3.48. The van der Waals surface area contributed by atoms with Crippen molar-refractivity contribution in [3.05, 3.63) is 37.2 Å². The summed E-state index contributed by atoms with van der Waals surface area (Å²) < 4.78 is 0. The molecule has 0 radical (unpaired) electrons. The Morgan fingerprint density at radius 3 is 1.20 bits per heavy atom. The Labute approximate surface area is 188 Å². The Bertz CT molecular complexity index is 475. The van der Waals surface area contributed by atoms with E-state index >= 15 is 0 Å². The smallest absolute Gasteiger partial charge is 0.0886 e. The van der Waals surface area contributed by atoms with Crippen LogP contribution >= 0.6 is 0 Å². The molecule has 0 amide bonds. The molecule has 0 saturated carbocycles. The van der Waals surface area contributed by atoms with Crippen LogP contribution in [0.1, 0.15) is 81.6 Å². The van der Waals surface area contributed by atoms with Crippen LogP contribution in [-0.2, 0) is 0 Å². The van der Waals surface area contributed by atoms with Crippen molar-refractivity contribution in [2.24, 2.45) is 33.4 Å². The maximum absolute atomic E-state index is 5.34. The van der Waals surface area contributed by atoms with Crippen LogP contribution in [0.5, 0.6) is 0 Å². The molecule has 0 aromatic heterocycles. The summed E-state index contributed by atoms with van der Waals surface area (Å²) in [6, 6.07) is 0. The third-order valence-electron chi connectivity index (χ3n) is 3.53. The van der Waals surface area contributed by atoms with Crippen LogP contribution in [0.4, 0.5) is 0 Å². The minimum atomic E-state index is 0.280. The predicted molar refractivity (Wildman–Crippen MR) is 136 cm³/mol. The average molecular weight is 427 g/mol. The zero-order valence-corrected chi connectivity index (χ0v) is 21.6. The van der Waals surface area contributed by atoms with Crippen molar-refractivity contribution in [3.8, 4) is 0 Å². The maximum Gasteiger partial charge on any atom is 0.0886 e. The second-order valence-corrected chi connectivity index (χ2v) is 11.3. The summed E-state index contributed by atoms with van der Waals surface area (Å²) >= 11 is 0. The van der Waals surface area contributed by atoms with Gasteiger partial charge in [0.2, 0.25) is 0 Å². The number of rotatable bonds is 9. The van der Waals surface area contributed by atoms with E-state index in [9.17, 15) is 0 Å². The summed E-state index contributed by atoms with van der Waals surface area (Å²) in [5, 5.41) is 8.96. The molecule has 0 aliphatic heterocycles. The Hall–Kier alpha value is -1.98. The molecule has 0 heterocycles. The van der Waals surface area contributed by atoms with Gasteiger partial charge in [-0.05, 0) is 35.5 Å². The van der Waals surface area contributed by atoms with E-state index in [0.29, 0.717) is 28.3 Å². The van der Waals surface area contributed by atoms with Gasteiger partial charge in [0.05, 0.1) is 17.5 Å². The van der Waals surface area contributed by atoms with Gasteiger partial charge in [0.25, 0.3) is 0 Å². The first-order valence-electron chi connectivity index (χ1n) is 10.8. The molecule has 0 aromatic carbocycles. The van der Waals surface area contributed by atoms with Gasteiger partial charge in [0.15, 0.2) is 0 Å². The average Bonchev–Trinajstić information content (AvgIpc) is 2.47. The minimum absolute atomic E-state index is 0.280. The van der Waals surface area contributed by atoms with E-state index in [-0.39, 0.29) is 5.41 Å². The third-order valence-corrected chi connectivity index (χ3v) is 3.53. The standard InChI is InChI=1S/C9H20N2.C8H18N2.C7H16N2/c1-8(10)11-7-5-6-9(2,3)4;1-7(9)10-6-5-8(2,3)4;1-6(8)9-5-7(2,3)4/h11H,1,5-7,10H2,2-4H3;10H,1,5-6,9H2,2-4H3;9H,1,5,8H2,2-4H3. The van der Waals surface area contributed by atoms with E-state index in [2.05, 4.69) is 98.0 Å². The van der Waals surface area contributed by atoms with Crippen LogP contribution in [0.15, 0.2) is 37.2 Å². The van der Waals surface area contributed by atoms with Gasteiger partial charge >= 0.3 is 0 Å². The lowest BCUT2D eigenvalue weighted by atomic mass is 9.91. The Morgan fingerprint density at radius 2 is 0.933 bits per heavy atom. The summed E-state index contributed by atoms with van der Waals surface area (Å²) in [4.78, 5) is 0. The second-order valence-electron chi connectivity index (χ2n) is 11.3. The van der Waals surface area contributed by atoms with Crippen LogP contribution in [0, 0.1) is 16.2 Å². The third kappa shape index (κ3) is 45.0. The van der Waals surface area contributed by atoms with Gasteiger partial charge in [-0.15, -0.1) is 0 Å². The normalized spacial score (nSPS) is 11.1. The molecule has 0 saturated heterocycles. The molecule has 0 spiro atoms. The number of hydrogen-bond acceptors (Lipinski definition) is 6. The molecule has 30 heavy (non-hydrogen) atoms. The van der Waals surface area contributed by atoms with Gasteiger partial charge in [-0.2, -0.15) is 0 Å². The van der Waals surface area contributed by atoms with Crippen molar-refractivity contribution in [3.63, 3.8) is 0 Å². The Balaban J connectivity index is -0.000000366. The molecule has 0 aromatic rings. The second kappa shape index (κ2) is 15.8. The van der Waals surface area contributed by atoms with E-state index < -0.39 is 0 Å². The van der Waals surface area contributed by atoms with Crippen LogP contribution in [-0.4, -0.2) is 19.6 Å². The minimum Gasteiger partial charge on any atom is -0.386 e. The van der Waals surface area contributed by atoms with E-state index in [0.717, 1.165) is 32.5 Å². The summed E-state index contributed by atoms with van der Waals surface area (Å²) in [6.45, 7) is 33.1. The van der Waals surface area contributed by atoms with Crippen molar-refractivity contribution < 1.29 is 0 Å². The summed E-state index contributed by atoms with van der Waals surface area (Å²) in [5.41, 5.74) is 17.0. The highest BCUT2D eigenvalue weighted by atomic mass is 15.0. The quantitative estimate of drug-likeness (QED) is 0.306. The highest BCUT2D eigenvalue weighted by molar-refractivity contribution is 4.84. The van der Waals surface area contributed by atoms with Crippen molar-refractivity contribution in [1.82, 2.24) is 16.0 Å². The molecule has 0 fully saturated rings. The largest absolute Gasteiger partial charge is 0.386 e. The fourth-order valence-corrected chi connectivity index (χ4v) is 1.84. The number of nitrogens with one attached hydrogen (secondary N) is 3. The van der Waals surface area contributed by atoms with Gasteiger partial charge in [0, 0.05) is 19.6 Å². The monoisotopic (exact) mass is 426 g/mol. The lowest BCUT2D eigenvalue weighted by Gasteiger charge is -2.18. The summed E-state index contributed by atoms with van der Waals surface area (Å²) in [7, 11) is 0. The van der Waals surface area contributed by atoms with Crippen LogP contribution in [0.2, 0.25) is 0 Å². The van der Waals surface area contributed by atoms with E-state index in [1.165, 1.54) is 6.42 Å². The molecule has 0 bridgehead atoms. The van der Waals surface area contributed by atoms with Crippen molar-refractivity contribution >= 4 is 0 Å². The van der Waals surface area contributed by atoms with Crippen molar-refractivity contribution in [1.29, 1.82) is 0 Å². The molecule has 180 valence electrons. The fourth-order valence-electron chi connectivity index (χ4n) is 1.84. The van der Waals surface area contributed by atoms with Crippen molar-refractivity contribution in [2.75, 3.05) is 19.6 Å². The van der Waals surface area contributed by atoms with E-state index in [1.54, 1.807) is 0 Å². The Morgan fingerprint density at radius 1 is 0.567 bits per heavy atom. The van der Waals surface area contributed by atoms with Crippen LogP contribution < -0.4 is 33.2 Å². The van der Waals surface area contributed by atoms with Crippen LogP contribution in [0.3, 0.4) is 0 Å². The lowest BCUT2D eigenvalue weighted by molar-refractivity contribution is 0.364. The first-order chi connectivity index (χ1) is 13.2. The maximum atomic E-state index is 5.34. The molecule has 0 atom stereocenters. The fraction of sp³-hybridized carbons (Fsp3) is 0.750. The SMILES string of the molecule is C=C(N)NCC(C)(C)C.C=C(N)NCCC(C)(C)C.C=C(N)NCCCC(C)(C)C. The van der Waals surface area contributed by atoms with Gasteiger partial charge in [-0.3, -0.25) is 0 Å². The molecule has 9 N–H and O–H groups in total. The molecule has 6 heteroatoms. The van der Waals surface area contributed by atoms with Crippen molar-refractivity contribution in [2.45, 2.75) is 81.6 Å². The van der Waals surface area contributed by atoms with E-state index in [4.69, 9.17) is 17.2 Å². The molecule has 0 unspecified atom stereocenters. The first kappa shape index (κ1) is 32.7. The molecule has 0 aliphatic carbocycles. The number of hydrogen-bond donors (Lipinski definition) is 6. The molecule has 0 aliphatic rings. The van der Waals surface area contributed by atoms with Gasteiger partial charge < -0.3 is 33.2 Å². The van der Waals surface area contributed by atoms with Gasteiger partial charge in [-0.25, -0.2) is 0 Å². The van der Waals surface area contributed by atoms with Gasteiger partial charge in [0.1, 0.15) is 0 Å². The molecular weight excluding hydrogens is 372 g/mol. The lowest BCUT2D eigenvalue weighted by Crippen LogP contribution is -2.28.